The van der Waals surface area contributed by atoms with Gasteiger partial charge in [0.1, 0.15) is 17.9 Å². The summed E-state index contributed by atoms with van der Waals surface area (Å²) < 4.78 is 18.1. The maximum atomic E-state index is 13.1. The maximum absolute atomic E-state index is 13.1. The van der Waals surface area contributed by atoms with Crippen molar-refractivity contribution < 1.29 is 9.00 Å². The Balaban J connectivity index is 1.49. The van der Waals surface area contributed by atoms with E-state index < -0.39 is 11.0 Å². The number of nitrogens with one attached hydrogen (secondary N) is 1. The highest BCUT2D eigenvalue weighted by Gasteiger charge is 2.33. The fourth-order valence-corrected chi connectivity index (χ4v) is 5.32. The second kappa shape index (κ2) is 8.87. The number of fused-ring (bicyclic) bond motifs is 1. The number of aryl methyl sites for hydroxylation is 1. The molecule has 1 aromatic carbocycles. The largest absolute Gasteiger partial charge is 0.356 e. The fraction of sp³-hybridized carbons (Fsp3) is 0.381. The number of Topliss-reactive ketones (excluding diaryl/α,β-unsaturated/α-hetero) is 1. The lowest BCUT2D eigenvalue weighted by Gasteiger charge is -2.41. The van der Waals surface area contributed by atoms with E-state index in [0.717, 1.165) is 34.5 Å². The lowest BCUT2D eigenvalue weighted by molar-refractivity contribution is -0.114. The molecular formula is C21H25N5O2S2. The summed E-state index contributed by atoms with van der Waals surface area (Å²) in [6, 6.07) is 10.4. The minimum Gasteiger partial charge on any atom is -0.356 e. The number of anilines is 1. The van der Waals surface area contributed by atoms with Gasteiger partial charge in [0.15, 0.2) is 16.6 Å². The summed E-state index contributed by atoms with van der Waals surface area (Å²) in [6.07, 6.45) is 5.33. The Kier molecular flexibility index (Phi) is 6.21. The van der Waals surface area contributed by atoms with Gasteiger partial charge in [-0.3, -0.25) is 9.52 Å². The Morgan fingerprint density at radius 1 is 1.27 bits per heavy atom. The summed E-state index contributed by atoms with van der Waals surface area (Å²) in [5.74, 6) is 1.52. The molecule has 0 bridgehead atoms. The molecule has 2 heterocycles. The van der Waals surface area contributed by atoms with Crippen LogP contribution in [0, 0.1) is 6.92 Å². The van der Waals surface area contributed by atoms with Crippen molar-refractivity contribution in [1.29, 1.82) is 0 Å². The van der Waals surface area contributed by atoms with Crippen molar-refractivity contribution in [2.75, 3.05) is 17.7 Å². The topological polar surface area (TPSA) is 80.1 Å². The third-order valence-corrected chi connectivity index (χ3v) is 7.73. The van der Waals surface area contributed by atoms with Crippen LogP contribution in [-0.4, -0.2) is 48.8 Å². The van der Waals surface area contributed by atoms with Crippen LogP contribution in [0.5, 0.6) is 0 Å². The number of hydrogen-bond donors (Lipinski definition) is 1. The zero-order valence-corrected chi connectivity index (χ0v) is 18.9. The van der Waals surface area contributed by atoms with Gasteiger partial charge in [-0.2, -0.15) is 0 Å². The normalized spacial score (nSPS) is 19.4. The number of nitrogens with zero attached hydrogens (tertiary/aromatic N) is 4. The zero-order valence-electron chi connectivity index (χ0n) is 17.2. The molecule has 1 saturated carbocycles. The monoisotopic (exact) mass is 443 g/mol. The highest BCUT2D eigenvalue weighted by molar-refractivity contribution is 7.98. The molecular weight excluding hydrogens is 418 g/mol. The number of carbonyl (C=O) groups is 1. The molecule has 30 heavy (non-hydrogen) atoms. The fourth-order valence-electron chi connectivity index (χ4n) is 3.53. The Hall–Kier alpha value is -2.23. The van der Waals surface area contributed by atoms with E-state index in [9.17, 15) is 9.00 Å². The first-order valence-corrected chi connectivity index (χ1v) is 11.9. The molecule has 1 aliphatic carbocycles. The molecule has 0 saturated heterocycles. The minimum absolute atomic E-state index is 0.177. The smallest absolute Gasteiger partial charge is 0.158 e. The number of ketones is 1. The van der Waals surface area contributed by atoms with Crippen LogP contribution in [0.15, 0.2) is 47.8 Å². The SMILES string of the molecule is CC(=O)CSNC1CC(N(C)c2ncnc3c2ccn3S(=O)c2ccc(C)cc2)C1. The lowest BCUT2D eigenvalue weighted by Crippen LogP contribution is -2.50. The van der Waals surface area contributed by atoms with E-state index in [0.29, 0.717) is 23.5 Å². The van der Waals surface area contributed by atoms with Crippen molar-refractivity contribution in [2.45, 2.75) is 43.7 Å². The molecule has 1 atom stereocenters. The number of aromatic nitrogens is 3. The zero-order chi connectivity index (χ0) is 21.3. The van der Waals surface area contributed by atoms with E-state index in [-0.39, 0.29) is 5.78 Å². The predicted molar refractivity (Wildman–Crippen MR) is 122 cm³/mol. The van der Waals surface area contributed by atoms with Gasteiger partial charge >= 0.3 is 0 Å². The molecule has 7 nitrogen and oxygen atoms in total. The molecule has 1 N–H and O–H groups in total. The molecule has 3 aromatic rings. The Morgan fingerprint density at radius 3 is 2.70 bits per heavy atom. The van der Waals surface area contributed by atoms with Gasteiger partial charge in [-0.25, -0.2) is 18.1 Å². The molecule has 0 radical (unpaired) electrons. The van der Waals surface area contributed by atoms with Gasteiger partial charge in [0.05, 0.1) is 16.0 Å². The van der Waals surface area contributed by atoms with Gasteiger partial charge in [0.2, 0.25) is 0 Å². The van der Waals surface area contributed by atoms with E-state index >= 15 is 0 Å². The van der Waals surface area contributed by atoms with Gasteiger partial charge in [-0.15, -0.1) is 0 Å². The third kappa shape index (κ3) is 4.28. The van der Waals surface area contributed by atoms with Gasteiger partial charge in [0.25, 0.3) is 0 Å². The second-order valence-electron chi connectivity index (χ2n) is 7.68. The molecule has 9 heteroatoms. The third-order valence-electron chi connectivity index (χ3n) is 5.35. The summed E-state index contributed by atoms with van der Waals surface area (Å²) >= 11 is 1.48. The highest BCUT2D eigenvalue weighted by atomic mass is 32.2. The number of rotatable bonds is 8. The summed E-state index contributed by atoms with van der Waals surface area (Å²) in [7, 11) is 0.677. The van der Waals surface area contributed by atoms with Crippen molar-refractivity contribution in [2.24, 2.45) is 0 Å². The quantitative estimate of drug-likeness (QED) is 0.536. The Morgan fingerprint density at radius 2 is 2.00 bits per heavy atom. The van der Waals surface area contributed by atoms with E-state index in [4.69, 9.17) is 0 Å². The predicted octanol–water partition coefficient (Wildman–Crippen LogP) is 3.10. The number of hydrogen-bond acceptors (Lipinski definition) is 7. The van der Waals surface area contributed by atoms with E-state index in [1.807, 2.05) is 50.5 Å². The first kappa shape index (κ1) is 21.0. The first-order valence-electron chi connectivity index (χ1n) is 9.84. The van der Waals surface area contributed by atoms with Crippen LogP contribution in [0.25, 0.3) is 11.0 Å². The summed E-state index contributed by atoms with van der Waals surface area (Å²) in [5, 5.41) is 0.892. The summed E-state index contributed by atoms with van der Waals surface area (Å²) in [5.41, 5.74) is 1.80. The van der Waals surface area contributed by atoms with Gasteiger partial charge < -0.3 is 4.90 Å². The van der Waals surface area contributed by atoms with Crippen LogP contribution < -0.4 is 9.62 Å². The van der Waals surface area contributed by atoms with Crippen LogP contribution in [0.2, 0.25) is 0 Å². The van der Waals surface area contributed by atoms with Gasteiger partial charge in [-0.1, -0.05) is 29.6 Å². The molecule has 1 unspecified atom stereocenters. The average molecular weight is 444 g/mol. The molecule has 158 valence electrons. The highest BCUT2D eigenvalue weighted by Crippen LogP contribution is 2.32. The molecule has 1 aliphatic rings. The van der Waals surface area contributed by atoms with E-state index in [1.165, 1.54) is 18.3 Å². The van der Waals surface area contributed by atoms with Gasteiger partial charge in [0, 0.05) is 25.3 Å². The molecule has 1 fully saturated rings. The van der Waals surface area contributed by atoms with Gasteiger partial charge in [-0.05, 0) is 44.9 Å². The Bertz CT molecular complexity index is 1080. The molecule has 4 rings (SSSR count). The van der Waals surface area contributed by atoms with Crippen molar-refractivity contribution in [3.63, 3.8) is 0 Å². The van der Waals surface area contributed by atoms with Crippen molar-refractivity contribution in [3.8, 4) is 0 Å². The van der Waals surface area contributed by atoms with Crippen molar-refractivity contribution in [3.05, 3.63) is 48.4 Å². The maximum Gasteiger partial charge on any atom is 0.158 e. The van der Waals surface area contributed by atoms with Crippen LogP contribution in [0.1, 0.15) is 25.3 Å². The van der Waals surface area contributed by atoms with Crippen molar-refractivity contribution in [1.82, 2.24) is 18.7 Å². The van der Waals surface area contributed by atoms with Crippen molar-refractivity contribution >= 4 is 45.6 Å². The molecule has 0 spiro atoms. The summed E-state index contributed by atoms with van der Waals surface area (Å²) in [6.45, 7) is 3.61. The van der Waals surface area contributed by atoms with Crippen LogP contribution in [0.3, 0.4) is 0 Å². The Labute approximate surface area is 183 Å². The lowest BCUT2D eigenvalue weighted by atomic mass is 9.86. The first-order chi connectivity index (χ1) is 14.4. The van der Waals surface area contributed by atoms with E-state index in [2.05, 4.69) is 19.6 Å². The van der Waals surface area contributed by atoms with Crippen LogP contribution in [0.4, 0.5) is 5.82 Å². The van der Waals surface area contributed by atoms with Crippen LogP contribution >= 0.6 is 11.9 Å². The number of benzene rings is 1. The average Bonchev–Trinajstić information content (AvgIpc) is 3.13. The molecule has 2 aromatic heterocycles. The number of carbonyl (C=O) groups excluding carboxylic acids is 1. The second-order valence-corrected chi connectivity index (χ2v) is 9.86. The molecule has 0 aliphatic heterocycles. The minimum atomic E-state index is -1.36. The molecule has 0 amide bonds. The standard InChI is InChI=1S/C21H25N5O2S2/c1-14-4-6-18(7-5-14)30(28)26-9-8-19-20(22-13-23-21(19)26)25(3)17-10-16(11-17)24-29-12-15(2)27/h4-9,13,16-17,24H,10-12H2,1-3H3. The summed E-state index contributed by atoms with van der Waals surface area (Å²) in [4.78, 5) is 22.9. The van der Waals surface area contributed by atoms with Crippen LogP contribution in [-0.2, 0) is 15.8 Å². The van der Waals surface area contributed by atoms with E-state index in [1.54, 1.807) is 10.9 Å².